The van der Waals surface area contributed by atoms with E-state index in [-0.39, 0.29) is 24.3 Å². The second-order valence-electron chi connectivity index (χ2n) is 7.10. The Kier molecular flexibility index (Phi) is 5.75. The third kappa shape index (κ3) is 4.49. The van der Waals surface area contributed by atoms with Crippen molar-refractivity contribution in [3.63, 3.8) is 0 Å². The van der Waals surface area contributed by atoms with Gasteiger partial charge in [-0.25, -0.2) is 4.98 Å². The molecule has 2 aromatic carbocycles. The first-order valence-corrected chi connectivity index (χ1v) is 9.85. The Hall–Kier alpha value is -3.67. The number of nitrogens with zero attached hydrogens (tertiary/aromatic N) is 2. The van der Waals surface area contributed by atoms with Crippen LogP contribution in [-0.4, -0.2) is 28.3 Å². The Morgan fingerprint density at radius 1 is 1.00 bits per heavy atom. The zero-order valence-electron chi connectivity index (χ0n) is 16.7. The lowest BCUT2D eigenvalue weighted by molar-refractivity contribution is -0.138. The van der Waals surface area contributed by atoms with E-state index in [1.54, 1.807) is 41.4 Å². The minimum atomic E-state index is -0.388. The van der Waals surface area contributed by atoms with Gasteiger partial charge in [0.05, 0.1) is 12.5 Å². The summed E-state index contributed by atoms with van der Waals surface area (Å²) in [6.07, 6.45) is 2.54. The van der Waals surface area contributed by atoms with Crippen molar-refractivity contribution in [3.05, 3.63) is 84.1 Å². The molecule has 6 heteroatoms. The number of carbonyl (C=O) groups excluding carboxylic acids is 2. The molecule has 0 radical (unpaired) electrons. The maximum atomic E-state index is 12.6. The quantitative estimate of drug-likeness (QED) is 0.470. The number of aromatic nitrogens is 1. The molecule has 0 N–H and O–H groups in total. The predicted molar refractivity (Wildman–Crippen MR) is 111 cm³/mol. The van der Waals surface area contributed by atoms with Crippen LogP contribution >= 0.6 is 0 Å². The summed E-state index contributed by atoms with van der Waals surface area (Å²) in [5.41, 5.74) is 2.18. The van der Waals surface area contributed by atoms with Gasteiger partial charge in [-0.3, -0.25) is 9.59 Å². The van der Waals surface area contributed by atoms with Gasteiger partial charge in [0, 0.05) is 25.7 Å². The number of amides is 1. The summed E-state index contributed by atoms with van der Waals surface area (Å²) in [5, 5.41) is 0. The molecule has 0 fully saturated rings. The SMILES string of the molecule is CC(=O)N1CCc2ccccc2C1CC(=O)Oc1ccc(Oc2ccccn2)cc1. The minimum Gasteiger partial charge on any atom is -0.439 e. The van der Waals surface area contributed by atoms with Crippen LogP contribution in [0.15, 0.2) is 72.9 Å². The van der Waals surface area contributed by atoms with Crippen LogP contribution in [0.2, 0.25) is 0 Å². The Morgan fingerprint density at radius 3 is 2.47 bits per heavy atom. The molecule has 1 aliphatic rings. The molecule has 152 valence electrons. The number of fused-ring (bicyclic) bond motifs is 1. The van der Waals surface area contributed by atoms with Gasteiger partial charge in [0.2, 0.25) is 11.8 Å². The number of esters is 1. The Labute approximate surface area is 175 Å². The lowest BCUT2D eigenvalue weighted by Gasteiger charge is -2.36. The van der Waals surface area contributed by atoms with Gasteiger partial charge in [0.1, 0.15) is 11.5 Å². The summed E-state index contributed by atoms with van der Waals surface area (Å²) in [4.78, 5) is 30.6. The van der Waals surface area contributed by atoms with E-state index >= 15 is 0 Å². The third-order valence-electron chi connectivity index (χ3n) is 5.09. The van der Waals surface area contributed by atoms with Crippen LogP contribution in [0.4, 0.5) is 0 Å². The molecular weight excluding hydrogens is 380 g/mol. The highest BCUT2D eigenvalue weighted by Gasteiger charge is 2.31. The summed E-state index contributed by atoms with van der Waals surface area (Å²) in [5.74, 6) is 1.08. The number of hydrogen-bond donors (Lipinski definition) is 0. The molecular formula is C24H22N2O4. The van der Waals surface area contributed by atoms with E-state index in [1.807, 2.05) is 36.4 Å². The van der Waals surface area contributed by atoms with Gasteiger partial charge < -0.3 is 14.4 Å². The number of carbonyl (C=O) groups is 2. The largest absolute Gasteiger partial charge is 0.439 e. The fraction of sp³-hybridized carbons (Fsp3) is 0.208. The van der Waals surface area contributed by atoms with Gasteiger partial charge in [0.15, 0.2) is 0 Å². The fourth-order valence-electron chi connectivity index (χ4n) is 3.68. The van der Waals surface area contributed by atoms with Gasteiger partial charge in [-0.05, 0) is 47.9 Å². The molecule has 1 aromatic heterocycles. The number of ether oxygens (including phenoxy) is 2. The summed E-state index contributed by atoms with van der Waals surface area (Å²) in [6.45, 7) is 2.14. The van der Waals surface area contributed by atoms with Crippen LogP contribution in [0.5, 0.6) is 17.4 Å². The van der Waals surface area contributed by atoms with E-state index in [2.05, 4.69) is 4.98 Å². The second kappa shape index (κ2) is 8.78. The van der Waals surface area contributed by atoms with Crippen LogP contribution in [0, 0.1) is 0 Å². The summed E-state index contributed by atoms with van der Waals surface area (Å²) in [6, 6.07) is 19.8. The first kappa shape index (κ1) is 19.6. The molecule has 4 rings (SSSR count). The average Bonchev–Trinajstić information content (AvgIpc) is 2.76. The highest BCUT2D eigenvalue weighted by atomic mass is 16.5. The third-order valence-corrected chi connectivity index (χ3v) is 5.09. The highest BCUT2D eigenvalue weighted by Crippen LogP contribution is 2.33. The van der Waals surface area contributed by atoms with Crippen LogP contribution in [0.3, 0.4) is 0 Å². The fourth-order valence-corrected chi connectivity index (χ4v) is 3.68. The number of rotatable bonds is 5. The molecule has 1 atom stereocenters. The Bertz CT molecular complexity index is 1030. The number of pyridine rings is 1. The topological polar surface area (TPSA) is 68.7 Å². The van der Waals surface area contributed by atoms with Crippen molar-refractivity contribution in [1.29, 1.82) is 0 Å². The molecule has 0 bridgehead atoms. The van der Waals surface area contributed by atoms with Gasteiger partial charge in [-0.15, -0.1) is 0 Å². The first-order chi connectivity index (χ1) is 14.6. The Balaban J connectivity index is 1.43. The van der Waals surface area contributed by atoms with Crippen molar-refractivity contribution >= 4 is 11.9 Å². The first-order valence-electron chi connectivity index (χ1n) is 9.85. The molecule has 1 aliphatic heterocycles. The molecule has 0 saturated carbocycles. The predicted octanol–water partition coefficient (Wildman–Crippen LogP) is 4.32. The van der Waals surface area contributed by atoms with Gasteiger partial charge in [0.25, 0.3) is 0 Å². The highest BCUT2D eigenvalue weighted by molar-refractivity contribution is 5.78. The Morgan fingerprint density at radius 2 is 1.73 bits per heavy atom. The molecule has 0 aliphatic carbocycles. The van der Waals surface area contributed by atoms with E-state index in [0.717, 1.165) is 12.0 Å². The van der Waals surface area contributed by atoms with Crippen molar-refractivity contribution in [2.45, 2.75) is 25.8 Å². The zero-order valence-corrected chi connectivity index (χ0v) is 16.7. The molecule has 0 spiro atoms. The van der Waals surface area contributed by atoms with Crippen molar-refractivity contribution in [3.8, 4) is 17.4 Å². The monoisotopic (exact) mass is 402 g/mol. The maximum absolute atomic E-state index is 12.6. The van der Waals surface area contributed by atoms with Gasteiger partial charge in [-0.2, -0.15) is 0 Å². The van der Waals surface area contributed by atoms with Crippen molar-refractivity contribution in [2.24, 2.45) is 0 Å². The molecule has 2 heterocycles. The van der Waals surface area contributed by atoms with Crippen LogP contribution in [0.25, 0.3) is 0 Å². The summed E-state index contributed by atoms with van der Waals surface area (Å²) in [7, 11) is 0. The van der Waals surface area contributed by atoms with Gasteiger partial charge >= 0.3 is 5.97 Å². The van der Waals surface area contributed by atoms with Crippen molar-refractivity contribution in [2.75, 3.05) is 6.54 Å². The van der Waals surface area contributed by atoms with Crippen molar-refractivity contribution in [1.82, 2.24) is 9.88 Å². The zero-order chi connectivity index (χ0) is 20.9. The average molecular weight is 402 g/mol. The number of hydrogen-bond acceptors (Lipinski definition) is 5. The smallest absolute Gasteiger partial charge is 0.313 e. The van der Waals surface area contributed by atoms with E-state index in [4.69, 9.17) is 9.47 Å². The van der Waals surface area contributed by atoms with Crippen molar-refractivity contribution < 1.29 is 19.1 Å². The van der Waals surface area contributed by atoms with E-state index in [0.29, 0.717) is 23.9 Å². The molecule has 6 nitrogen and oxygen atoms in total. The summed E-state index contributed by atoms with van der Waals surface area (Å²) >= 11 is 0. The normalized spacial score (nSPS) is 15.2. The number of benzene rings is 2. The van der Waals surface area contributed by atoms with E-state index in [9.17, 15) is 9.59 Å². The standard InChI is InChI=1S/C24H22N2O4/c1-17(27)26-15-13-18-6-2-3-7-21(18)22(26)16-24(28)30-20-11-9-19(10-12-20)29-23-8-4-5-14-25-23/h2-12,14,22H,13,15-16H2,1H3. The van der Waals surface area contributed by atoms with Crippen LogP contribution < -0.4 is 9.47 Å². The molecule has 30 heavy (non-hydrogen) atoms. The lowest BCUT2D eigenvalue weighted by atomic mass is 9.90. The van der Waals surface area contributed by atoms with Crippen LogP contribution in [-0.2, 0) is 16.0 Å². The molecule has 3 aromatic rings. The molecule has 1 unspecified atom stereocenters. The molecule has 1 amide bonds. The summed E-state index contributed by atoms with van der Waals surface area (Å²) < 4.78 is 11.2. The molecule has 0 saturated heterocycles. The van der Waals surface area contributed by atoms with Gasteiger partial charge in [-0.1, -0.05) is 30.3 Å². The minimum absolute atomic E-state index is 0.0432. The lowest BCUT2D eigenvalue weighted by Crippen LogP contribution is -2.40. The van der Waals surface area contributed by atoms with E-state index < -0.39 is 0 Å². The van der Waals surface area contributed by atoms with Crippen LogP contribution in [0.1, 0.15) is 30.5 Å². The maximum Gasteiger partial charge on any atom is 0.313 e. The van der Waals surface area contributed by atoms with E-state index in [1.165, 1.54) is 12.5 Å². The second-order valence-corrected chi connectivity index (χ2v) is 7.10.